The first-order chi connectivity index (χ1) is 15.1. The Labute approximate surface area is 184 Å². The quantitative estimate of drug-likeness (QED) is 0.229. The van der Waals surface area contributed by atoms with Crippen LogP contribution in [0.2, 0.25) is 0 Å². The molecule has 4 rings (SSSR count). The predicted octanol–water partition coefficient (Wildman–Crippen LogP) is 7.95. The van der Waals surface area contributed by atoms with E-state index in [9.17, 15) is 22.4 Å². The monoisotopic (exact) mass is 438 g/mol. The van der Waals surface area contributed by atoms with E-state index in [0.717, 1.165) is 16.3 Å². The summed E-state index contributed by atoms with van der Waals surface area (Å²) in [6, 6.07) is 15.2. The highest BCUT2D eigenvalue weighted by molar-refractivity contribution is 5.96. The van der Waals surface area contributed by atoms with Gasteiger partial charge in [-0.1, -0.05) is 35.9 Å². The Kier molecular flexibility index (Phi) is 6.78. The molecular weight excluding hydrogens is 416 g/mol. The Morgan fingerprint density at radius 3 is 1.78 bits per heavy atom. The van der Waals surface area contributed by atoms with Crippen molar-refractivity contribution in [1.29, 1.82) is 0 Å². The van der Waals surface area contributed by atoms with E-state index in [2.05, 4.69) is 39.0 Å². The van der Waals surface area contributed by atoms with Crippen LogP contribution < -0.4 is 0 Å². The summed E-state index contributed by atoms with van der Waals surface area (Å²) in [5.74, 6) is -2.59. The zero-order chi connectivity index (χ0) is 23.6. The molecule has 5 heteroatoms. The fraction of sp³-hybridized carbons (Fsp3) is 0.148. The number of hydrogen-bond acceptors (Lipinski definition) is 1. The van der Waals surface area contributed by atoms with E-state index in [4.69, 9.17) is 0 Å². The Morgan fingerprint density at radius 1 is 0.688 bits per heavy atom. The summed E-state index contributed by atoms with van der Waals surface area (Å²) in [4.78, 5) is 10.8. The van der Waals surface area contributed by atoms with Crippen molar-refractivity contribution < 1.29 is 22.4 Å². The average molecular weight is 438 g/mol. The van der Waals surface area contributed by atoms with E-state index in [0.29, 0.717) is 12.1 Å². The van der Waals surface area contributed by atoms with Crippen molar-refractivity contribution in [3.8, 4) is 11.1 Å². The third kappa shape index (κ3) is 5.05. The molecule has 0 fully saturated rings. The van der Waals surface area contributed by atoms with Crippen LogP contribution in [-0.4, -0.2) is 6.04 Å². The van der Waals surface area contributed by atoms with Gasteiger partial charge in [0.25, 0.3) is 0 Å². The van der Waals surface area contributed by atoms with E-state index in [-0.39, 0.29) is 11.1 Å². The van der Waals surface area contributed by atoms with E-state index < -0.39 is 23.5 Å². The van der Waals surface area contributed by atoms with Crippen molar-refractivity contribution in [3.05, 3.63) is 106 Å². The third-order valence-electron chi connectivity index (χ3n) is 5.28. The smallest absolute Gasteiger partial charge is 0.255 e. The number of hydrogen-bond donors (Lipinski definition) is 0. The van der Waals surface area contributed by atoms with Gasteiger partial charge in [-0.15, -0.1) is 0 Å². The number of benzene rings is 4. The maximum absolute atomic E-state index is 12.8. The van der Waals surface area contributed by atoms with Crippen LogP contribution in [0, 0.1) is 45.1 Å². The fourth-order valence-corrected chi connectivity index (χ4v) is 3.77. The zero-order valence-corrected chi connectivity index (χ0v) is 18.2. The fourth-order valence-electron chi connectivity index (χ4n) is 3.77. The van der Waals surface area contributed by atoms with Crippen molar-refractivity contribution in [1.82, 2.24) is 0 Å². The van der Waals surface area contributed by atoms with Gasteiger partial charge in [-0.05, 0) is 78.9 Å². The summed E-state index contributed by atoms with van der Waals surface area (Å²) in [6.07, 6.45) is 0. The Balaban J connectivity index is 0.000000243. The minimum Gasteiger partial charge on any atom is -0.255 e. The molecule has 32 heavy (non-hydrogen) atoms. The van der Waals surface area contributed by atoms with Crippen LogP contribution in [0.3, 0.4) is 0 Å². The van der Waals surface area contributed by atoms with Crippen LogP contribution in [0.25, 0.3) is 21.9 Å². The number of halogens is 4. The van der Waals surface area contributed by atoms with Gasteiger partial charge in [-0.25, -0.2) is 13.2 Å². The molecule has 0 radical (unpaired) electrons. The number of carbonyl (C=O) groups excluding carboxylic acids is 1. The molecule has 4 aromatic carbocycles. The second kappa shape index (κ2) is 9.35. The van der Waals surface area contributed by atoms with E-state index in [1.54, 1.807) is 12.1 Å². The minimum absolute atomic E-state index is 0.1000. The number of rotatable bonds is 2. The van der Waals surface area contributed by atoms with Crippen molar-refractivity contribution in [2.24, 2.45) is 0 Å². The lowest BCUT2D eigenvalue weighted by molar-refractivity contribution is 0.0836. The maximum atomic E-state index is 12.8. The molecule has 0 aromatic heterocycles. The lowest BCUT2D eigenvalue weighted by Gasteiger charge is -2.12. The van der Waals surface area contributed by atoms with Gasteiger partial charge in [0.2, 0.25) is 0 Å². The second-order valence-electron chi connectivity index (χ2n) is 7.82. The number of aryl methyl sites for hydroxylation is 3. The van der Waals surface area contributed by atoms with Crippen molar-refractivity contribution in [2.45, 2.75) is 27.7 Å². The van der Waals surface area contributed by atoms with Crippen molar-refractivity contribution in [3.63, 3.8) is 0 Å². The molecule has 0 aliphatic heterocycles. The molecule has 0 aliphatic rings. The second-order valence-corrected chi connectivity index (χ2v) is 7.82. The Bertz CT molecular complexity index is 1280. The molecule has 0 unspecified atom stereocenters. The van der Waals surface area contributed by atoms with Crippen LogP contribution in [0.4, 0.5) is 17.6 Å². The topological polar surface area (TPSA) is 17.1 Å². The SMILES string of the molecule is Cc1c(F)cc(F)cc1F.Cc1cc(C)c(-c2ccc3cc(C(=O)F)ccc3c2)c(C)c1. The molecule has 0 aliphatic carbocycles. The first kappa shape index (κ1) is 23.2. The van der Waals surface area contributed by atoms with Gasteiger partial charge in [-0.2, -0.15) is 4.39 Å². The highest BCUT2D eigenvalue weighted by Gasteiger charge is 2.09. The van der Waals surface area contributed by atoms with Gasteiger partial charge < -0.3 is 0 Å². The Hall–Kier alpha value is -3.47. The summed E-state index contributed by atoms with van der Waals surface area (Å²) in [5.41, 5.74) is 6.06. The molecular formula is C27H22F4O. The first-order valence-electron chi connectivity index (χ1n) is 10.00. The normalized spacial score (nSPS) is 10.6. The lowest BCUT2D eigenvalue weighted by atomic mass is 9.92. The maximum Gasteiger partial charge on any atom is 0.332 e. The molecule has 0 atom stereocenters. The molecule has 0 saturated carbocycles. The van der Waals surface area contributed by atoms with Gasteiger partial charge in [0, 0.05) is 17.7 Å². The highest BCUT2D eigenvalue weighted by atomic mass is 19.1. The van der Waals surface area contributed by atoms with Crippen LogP contribution in [0.5, 0.6) is 0 Å². The van der Waals surface area contributed by atoms with Gasteiger partial charge in [0.05, 0.1) is 5.56 Å². The molecule has 164 valence electrons. The summed E-state index contributed by atoms with van der Waals surface area (Å²) in [6.45, 7) is 7.58. The van der Waals surface area contributed by atoms with Gasteiger partial charge in [0.15, 0.2) is 0 Å². The molecule has 0 heterocycles. The van der Waals surface area contributed by atoms with E-state index in [1.807, 2.05) is 12.1 Å². The van der Waals surface area contributed by atoms with Crippen LogP contribution in [0.1, 0.15) is 32.6 Å². The number of fused-ring (bicyclic) bond motifs is 1. The largest absolute Gasteiger partial charge is 0.332 e. The molecule has 0 amide bonds. The standard InChI is InChI=1S/C20H17FO.C7H5F3/c1-12-8-13(2)19(14(3)9-12)17-6-4-16-11-18(20(21)22)7-5-15(16)10-17;1-4-6(9)2-5(8)3-7(4)10/h4-11H,1-3H3;2-3H,1H3. The lowest BCUT2D eigenvalue weighted by Crippen LogP contribution is -1.92. The van der Waals surface area contributed by atoms with Crippen molar-refractivity contribution in [2.75, 3.05) is 0 Å². The average Bonchev–Trinajstić information content (AvgIpc) is 2.71. The van der Waals surface area contributed by atoms with Gasteiger partial charge >= 0.3 is 6.04 Å². The molecule has 0 N–H and O–H groups in total. The first-order valence-corrected chi connectivity index (χ1v) is 10.00. The highest BCUT2D eigenvalue weighted by Crippen LogP contribution is 2.31. The van der Waals surface area contributed by atoms with E-state index in [1.165, 1.54) is 35.2 Å². The van der Waals surface area contributed by atoms with Crippen LogP contribution in [-0.2, 0) is 0 Å². The number of carbonyl (C=O) groups is 1. The minimum atomic E-state index is -1.39. The van der Waals surface area contributed by atoms with Gasteiger partial charge in [0.1, 0.15) is 17.5 Å². The van der Waals surface area contributed by atoms with E-state index >= 15 is 0 Å². The molecule has 4 aromatic rings. The predicted molar refractivity (Wildman–Crippen MR) is 120 cm³/mol. The molecule has 1 nitrogen and oxygen atoms in total. The Morgan fingerprint density at radius 2 is 1.22 bits per heavy atom. The summed E-state index contributed by atoms with van der Waals surface area (Å²) >= 11 is 0. The molecule has 0 saturated heterocycles. The third-order valence-corrected chi connectivity index (χ3v) is 5.28. The van der Waals surface area contributed by atoms with Crippen LogP contribution >= 0.6 is 0 Å². The summed E-state index contributed by atoms with van der Waals surface area (Å²) < 4.78 is 49.7. The summed E-state index contributed by atoms with van der Waals surface area (Å²) in [7, 11) is 0. The van der Waals surface area contributed by atoms with Gasteiger partial charge in [-0.3, -0.25) is 4.79 Å². The summed E-state index contributed by atoms with van der Waals surface area (Å²) in [5, 5.41) is 1.87. The van der Waals surface area contributed by atoms with Crippen molar-refractivity contribution >= 4 is 16.8 Å². The zero-order valence-electron chi connectivity index (χ0n) is 18.2. The molecule has 0 bridgehead atoms. The van der Waals surface area contributed by atoms with Crippen LogP contribution in [0.15, 0.2) is 60.7 Å². The molecule has 0 spiro atoms.